The van der Waals surface area contributed by atoms with Gasteiger partial charge in [0.2, 0.25) is 0 Å². The molecule has 2 aliphatic carbocycles. The van der Waals surface area contributed by atoms with Gasteiger partial charge in [-0.05, 0) is 37.9 Å². The van der Waals surface area contributed by atoms with Crippen molar-refractivity contribution in [1.82, 2.24) is 15.6 Å². The Bertz CT molecular complexity index is 628. The minimum atomic E-state index is -2.77. The Labute approximate surface area is 146 Å². The van der Waals surface area contributed by atoms with Gasteiger partial charge in [-0.2, -0.15) is 0 Å². The summed E-state index contributed by atoms with van der Waals surface area (Å²) in [5, 5.41) is 5.62. The van der Waals surface area contributed by atoms with Gasteiger partial charge in [-0.3, -0.25) is 4.79 Å². The molecule has 1 amide bonds. The monoisotopic (exact) mass is 350 g/mol. The van der Waals surface area contributed by atoms with Crippen molar-refractivity contribution in [3.05, 3.63) is 23.9 Å². The number of rotatable bonds is 8. The zero-order chi connectivity index (χ0) is 17.9. The number of amides is 1. The Morgan fingerprint density at radius 3 is 2.76 bits per heavy atom. The van der Waals surface area contributed by atoms with Gasteiger partial charge in [0.1, 0.15) is 0 Å². The van der Waals surface area contributed by atoms with Gasteiger partial charge in [0.15, 0.2) is 5.82 Å². The second-order valence-corrected chi connectivity index (χ2v) is 6.96. The summed E-state index contributed by atoms with van der Waals surface area (Å²) < 4.78 is 25.6. The molecule has 0 saturated heterocycles. The fraction of sp³-hybridized carbons (Fsp3) is 0.611. The van der Waals surface area contributed by atoms with Crippen LogP contribution in [0.15, 0.2) is 23.3 Å². The number of halogens is 2. The summed E-state index contributed by atoms with van der Waals surface area (Å²) in [6, 6.07) is 2.54. The van der Waals surface area contributed by atoms with E-state index in [9.17, 15) is 13.6 Å². The zero-order valence-corrected chi connectivity index (χ0v) is 14.3. The summed E-state index contributed by atoms with van der Waals surface area (Å²) in [5.41, 5.74) is 0.264. The van der Waals surface area contributed by atoms with E-state index in [4.69, 9.17) is 0 Å². The number of nitrogens with zero attached hydrogens (tertiary/aromatic N) is 2. The van der Waals surface area contributed by atoms with Crippen LogP contribution in [0.2, 0.25) is 0 Å². The van der Waals surface area contributed by atoms with Gasteiger partial charge in [-0.15, -0.1) is 0 Å². The molecule has 3 rings (SSSR count). The van der Waals surface area contributed by atoms with E-state index < -0.39 is 17.9 Å². The molecule has 0 spiro atoms. The molecule has 2 N–H and O–H groups in total. The van der Waals surface area contributed by atoms with Crippen molar-refractivity contribution in [1.29, 1.82) is 0 Å². The molecule has 0 bridgehead atoms. The van der Waals surface area contributed by atoms with Crippen LogP contribution in [0, 0.1) is 5.92 Å². The van der Waals surface area contributed by atoms with Crippen LogP contribution in [0.1, 0.15) is 48.9 Å². The summed E-state index contributed by atoms with van der Waals surface area (Å²) in [6.45, 7) is 0. The van der Waals surface area contributed by atoms with E-state index in [-0.39, 0.29) is 12.0 Å². The lowest BCUT2D eigenvalue weighted by Crippen LogP contribution is -2.30. The van der Waals surface area contributed by atoms with Crippen LogP contribution in [0.25, 0.3) is 0 Å². The normalized spacial score (nSPS) is 23.2. The summed E-state index contributed by atoms with van der Waals surface area (Å²) in [5.74, 6) is -1.95. The van der Waals surface area contributed by atoms with E-state index in [0.29, 0.717) is 11.9 Å². The van der Waals surface area contributed by atoms with Crippen molar-refractivity contribution < 1.29 is 13.6 Å². The molecule has 5 nitrogen and oxygen atoms in total. The van der Waals surface area contributed by atoms with Crippen molar-refractivity contribution in [2.75, 3.05) is 7.05 Å². The fourth-order valence-corrected chi connectivity index (χ4v) is 2.94. The first-order valence-electron chi connectivity index (χ1n) is 8.82. The Balaban J connectivity index is 1.47. The number of hydrogen-bond acceptors (Lipinski definition) is 4. The number of hydrogen-bond donors (Lipinski definition) is 2. The highest BCUT2D eigenvalue weighted by atomic mass is 19.3. The van der Waals surface area contributed by atoms with Gasteiger partial charge in [0.05, 0.1) is 11.6 Å². The lowest BCUT2D eigenvalue weighted by Gasteiger charge is -2.29. The maximum Gasteiger partial charge on any atom is 0.270 e. The maximum atomic E-state index is 12.8. The zero-order valence-electron chi connectivity index (χ0n) is 14.3. The number of carbonyl (C=O) groups is 1. The summed E-state index contributed by atoms with van der Waals surface area (Å²) in [6.07, 6.45) is 8.91. The van der Waals surface area contributed by atoms with E-state index in [0.717, 1.165) is 12.3 Å². The molecule has 2 unspecified atom stereocenters. The predicted octanol–water partition coefficient (Wildman–Crippen LogP) is 3.09. The standard InChI is InChI=1S/C18H24F2N4O/c1-21-14(9-12-3-2-4-12)7-8-22-16-6-5-13(11-23-16)17(25)24-15-10-18(15,19)20/h5-6,8,11-12,14-15,21H,2-4,7,9-10H2,1H3,(H,24,25). The molecule has 25 heavy (non-hydrogen) atoms. The predicted molar refractivity (Wildman–Crippen MR) is 92.6 cm³/mol. The molecular weight excluding hydrogens is 326 g/mol. The van der Waals surface area contributed by atoms with E-state index in [1.54, 1.807) is 12.1 Å². The van der Waals surface area contributed by atoms with E-state index in [1.807, 2.05) is 13.3 Å². The third-order valence-corrected chi connectivity index (χ3v) is 5.01. The van der Waals surface area contributed by atoms with Crippen molar-refractivity contribution in [3.63, 3.8) is 0 Å². The summed E-state index contributed by atoms with van der Waals surface area (Å²) in [7, 11) is 1.96. The third kappa shape index (κ3) is 4.81. The van der Waals surface area contributed by atoms with Crippen LogP contribution < -0.4 is 10.6 Å². The summed E-state index contributed by atoms with van der Waals surface area (Å²) in [4.78, 5) is 20.3. The van der Waals surface area contributed by atoms with Gasteiger partial charge in [-0.1, -0.05) is 19.3 Å². The molecule has 1 heterocycles. The molecule has 1 aromatic heterocycles. The Morgan fingerprint density at radius 2 is 2.24 bits per heavy atom. The molecule has 0 aromatic carbocycles. The number of alkyl halides is 2. The van der Waals surface area contributed by atoms with E-state index in [1.165, 1.54) is 31.9 Å². The lowest BCUT2D eigenvalue weighted by atomic mass is 9.80. The highest BCUT2D eigenvalue weighted by Gasteiger charge is 2.57. The molecule has 2 atom stereocenters. The summed E-state index contributed by atoms with van der Waals surface area (Å²) >= 11 is 0. The molecule has 2 aliphatic rings. The number of carbonyl (C=O) groups excluding carboxylic acids is 1. The largest absolute Gasteiger partial charge is 0.343 e. The first-order chi connectivity index (χ1) is 12.0. The lowest BCUT2D eigenvalue weighted by molar-refractivity contribution is 0.0849. The second-order valence-electron chi connectivity index (χ2n) is 6.96. The molecule has 2 saturated carbocycles. The SMILES string of the molecule is CNC(CC=Nc1ccc(C(=O)NC2CC2(F)F)cn1)CC1CCC1. The van der Waals surface area contributed by atoms with Crippen molar-refractivity contribution in [3.8, 4) is 0 Å². The van der Waals surface area contributed by atoms with Crippen LogP contribution in [0.5, 0.6) is 0 Å². The van der Waals surface area contributed by atoms with Crippen LogP contribution in [-0.4, -0.2) is 42.2 Å². The van der Waals surface area contributed by atoms with Crippen molar-refractivity contribution >= 4 is 17.9 Å². The smallest absolute Gasteiger partial charge is 0.270 e. The third-order valence-electron chi connectivity index (χ3n) is 5.01. The van der Waals surface area contributed by atoms with Crippen molar-refractivity contribution in [2.24, 2.45) is 10.9 Å². The minimum Gasteiger partial charge on any atom is -0.343 e. The van der Waals surface area contributed by atoms with E-state index >= 15 is 0 Å². The van der Waals surface area contributed by atoms with Gasteiger partial charge in [0, 0.05) is 24.9 Å². The fourth-order valence-electron chi connectivity index (χ4n) is 2.94. The average molecular weight is 350 g/mol. The first kappa shape index (κ1) is 17.9. The van der Waals surface area contributed by atoms with Gasteiger partial charge in [0.25, 0.3) is 11.8 Å². The number of pyridine rings is 1. The highest BCUT2D eigenvalue weighted by Crippen LogP contribution is 2.41. The number of aromatic nitrogens is 1. The first-order valence-corrected chi connectivity index (χ1v) is 8.82. The number of aliphatic imine (C=N–C) groups is 1. The van der Waals surface area contributed by atoms with Crippen LogP contribution in [0.4, 0.5) is 14.6 Å². The Hall–Kier alpha value is -1.89. The van der Waals surface area contributed by atoms with Crippen molar-refractivity contribution in [2.45, 2.75) is 56.5 Å². The minimum absolute atomic E-state index is 0.264. The molecule has 7 heteroatoms. The topological polar surface area (TPSA) is 66.4 Å². The van der Waals surface area contributed by atoms with Gasteiger partial charge >= 0.3 is 0 Å². The molecule has 1 aromatic rings. The van der Waals surface area contributed by atoms with E-state index in [2.05, 4.69) is 20.6 Å². The quantitative estimate of drug-likeness (QED) is 0.708. The number of nitrogens with one attached hydrogen (secondary N) is 2. The second kappa shape index (κ2) is 7.56. The molecule has 136 valence electrons. The highest BCUT2D eigenvalue weighted by molar-refractivity contribution is 5.94. The van der Waals surface area contributed by atoms with Crippen LogP contribution in [-0.2, 0) is 0 Å². The van der Waals surface area contributed by atoms with Gasteiger partial charge < -0.3 is 10.6 Å². The van der Waals surface area contributed by atoms with Crippen LogP contribution >= 0.6 is 0 Å². The molecule has 2 fully saturated rings. The molecular formula is C18H24F2N4O. The average Bonchev–Trinajstić information content (AvgIpc) is 3.15. The van der Waals surface area contributed by atoms with Crippen LogP contribution in [0.3, 0.4) is 0 Å². The molecule has 0 aliphatic heterocycles. The maximum absolute atomic E-state index is 12.8. The Morgan fingerprint density at radius 1 is 1.48 bits per heavy atom. The molecule has 0 radical (unpaired) electrons. The Kier molecular flexibility index (Phi) is 5.42. The van der Waals surface area contributed by atoms with Gasteiger partial charge in [-0.25, -0.2) is 18.8 Å².